The third-order valence-corrected chi connectivity index (χ3v) is 11.2. The molecule has 0 aromatic carbocycles. The number of carbonyl (C=O) groups excluding carboxylic acids is 2. The maximum Gasteiger partial charge on any atom is 0.335 e. The number of allylic oxidation sites excluding steroid dienone is 8. The van der Waals surface area contributed by atoms with Crippen molar-refractivity contribution >= 4 is 17.9 Å². The number of unbranched alkanes of at least 4 members (excludes halogenated alkanes) is 22. The maximum atomic E-state index is 12.8. The molecule has 1 aliphatic heterocycles. The Morgan fingerprint density at radius 1 is 0.516 bits per heavy atom. The molecule has 62 heavy (non-hydrogen) atoms. The molecule has 0 amide bonds. The van der Waals surface area contributed by atoms with Gasteiger partial charge in [0.05, 0.1) is 6.61 Å². The maximum absolute atomic E-state index is 12.8. The van der Waals surface area contributed by atoms with Crippen LogP contribution in [0.5, 0.6) is 0 Å². The van der Waals surface area contributed by atoms with Gasteiger partial charge >= 0.3 is 17.9 Å². The minimum atomic E-state index is -1.86. The van der Waals surface area contributed by atoms with Crippen molar-refractivity contribution in [2.45, 2.75) is 243 Å². The van der Waals surface area contributed by atoms with Gasteiger partial charge in [0.2, 0.25) is 0 Å². The number of rotatable bonds is 41. The molecule has 1 heterocycles. The lowest BCUT2D eigenvalue weighted by molar-refractivity contribution is -0.298. The highest BCUT2D eigenvalue weighted by Gasteiger charge is 2.47. The molecule has 1 saturated heterocycles. The van der Waals surface area contributed by atoms with Crippen molar-refractivity contribution in [3.8, 4) is 0 Å². The van der Waals surface area contributed by atoms with Crippen LogP contribution in [-0.4, -0.2) is 88.4 Å². The largest absolute Gasteiger partial charge is 0.479 e. The lowest BCUT2D eigenvalue weighted by Crippen LogP contribution is -2.60. The van der Waals surface area contributed by atoms with E-state index in [0.717, 1.165) is 70.6 Å². The Morgan fingerprint density at radius 2 is 0.952 bits per heavy atom. The molecule has 1 rings (SSSR count). The average molecular weight is 877 g/mol. The molecule has 0 radical (unpaired) electrons. The van der Waals surface area contributed by atoms with Crippen molar-refractivity contribution < 1.29 is 53.8 Å². The highest BCUT2D eigenvalue weighted by molar-refractivity contribution is 5.73. The molecular weight excluding hydrogens is 789 g/mol. The molecule has 0 bridgehead atoms. The fourth-order valence-corrected chi connectivity index (χ4v) is 7.34. The number of carboxylic acids is 1. The zero-order valence-corrected chi connectivity index (χ0v) is 38.9. The Kier molecular flexibility index (Phi) is 37.7. The predicted molar refractivity (Wildman–Crippen MR) is 248 cm³/mol. The Morgan fingerprint density at radius 3 is 1.44 bits per heavy atom. The molecule has 358 valence electrons. The summed E-state index contributed by atoms with van der Waals surface area (Å²) in [4.78, 5) is 36.9. The Hall–Kier alpha value is -2.83. The van der Waals surface area contributed by atoms with Gasteiger partial charge in [0.1, 0.15) is 24.9 Å². The van der Waals surface area contributed by atoms with E-state index in [9.17, 15) is 34.8 Å². The molecular formula is C51H88O11. The number of aliphatic carboxylic acids is 1. The zero-order valence-electron chi connectivity index (χ0n) is 38.9. The quantitative estimate of drug-likeness (QED) is 0.0262. The van der Waals surface area contributed by atoms with Crippen LogP contribution in [0.4, 0.5) is 0 Å². The molecule has 1 aliphatic rings. The van der Waals surface area contributed by atoms with E-state index in [0.29, 0.717) is 12.8 Å². The van der Waals surface area contributed by atoms with Gasteiger partial charge in [-0.1, -0.05) is 191 Å². The Labute approximate surface area is 375 Å². The van der Waals surface area contributed by atoms with E-state index < -0.39 is 61.3 Å². The van der Waals surface area contributed by atoms with Crippen LogP contribution in [0.2, 0.25) is 0 Å². The number of carboxylic acid groups (broad SMARTS) is 1. The normalized spacial score (nSPS) is 19.9. The third kappa shape index (κ3) is 31.9. The molecule has 6 atom stereocenters. The van der Waals surface area contributed by atoms with E-state index in [1.807, 2.05) is 0 Å². The summed E-state index contributed by atoms with van der Waals surface area (Å²) in [7, 11) is 0. The van der Waals surface area contributed by atoms with Crippen molar-refractivity contribution in [1.82, 2.24) is 0 Å². The van der Waals surface area contributed by atoms with Crippen LogP contribution in [-0.2, 0) is 33.3 Å². The van der Waals surface area contributed by atoms with Crippen LogP contribution in [0.25, 0.3) is 0 Å². The van der Waals surface area contributed by atoms with Crippen molar-refractivity contribution in [3.05, 3.63) is 48.6 Å². The number of esters is 2. The van der Waals surface area contributed by atoms with Crippen LogP contribution in [0.15, 0.2) is 48.6 Å². The molecule has 0 aromatic heterocycles. The van der Waals surface area contributed by atoms with Crippen LogP contribution >= 0.6 is 0 Å². The SMILES string of the molecule is CC/C=C\C/C=C\C/C=C\C/C=C\CCCCCCCCCCC(=O)OCC(COC1OC(C(=O)O)C(O)C(O)C1O)OC(=O)CCCCCCCCCCCCCCCCC. The van der Waals surface area contributed by atoms with Crippen LogP contribution in [0.3, 0.4) is 0 Å². The topological polar surface area (TPSA) is 169 Å². The third-order valence-electron chi connectivity index (χ3n) is 11.2. The minimum Gasteiger partial charge on any atom is -0.479 e. The number of hydrogen-bond acceptors (Lipinski definition) is 10. The second kappa shape index (κ2) is 40.9. The van der Waals surface area contributed by atoms with Gasteiger partial charge in [-0.25, -0.2) is 4.79 Å². The molecule has 0 aromatic rings. The first-order valence-corrected chi connectivity index (χ1v) is 24.7. The monoisotopic (exact) mass is 877 g/mol. The number of aliphatic hydroxyl groups is 3. The van der Waals surface area contributed by atoms with Gasteiger partial charge in [-0.05, 0) is 51.4 Å². The summed E-state index contributed by atoms with van der Waals surface area (Å²) in [5, 5.41) is 39.9. The van der Waals surface area contributed by atoms with E-state index in [1.165, 1.54) is 96.3 Å². The lowest BCUT2D eigenvalue weighted by atomic mass is 9.99. The van der Waals surface area contributed by atoms with Gasteiger partial charge in [-0.3, -0.25) is 9.59 Å². The Bertz CT molecular complexity index is 1210. The fourth-order valence-electron chi connectivity index (χ4n) is 7.34. The van der Waals surface area contributed by atoms with E-state index in [1.54, 1.807) is 0 Å². The number of hydrogen-bond donors (Lipinski definition) is 4. The Balaban J connectivity index is 2.31. The highest BCUT2D eigenvalue weighted by atomic mass is 16.7. The van der Waals surface area contributed by atoms with Gasteiger partial charge in [0.15, 0.2) is 18.5 Å². The van der Waals surface area contributed by atoms with Crippen molar-refractivity contribution in [1.29, 1.82) is 0 Å². The van der Waals surface area contributed by atoms with Gasteiger partial charge in [-0.15, -0.1) is 0 Å². The molecule has 11 heteroatoms. The van der Waals surface area contributed by atoms with Crippen LogP contribution in [0.1, 0.15) is 206 Å². The van der Waals surface area contributed by atoms with Gasteiger partial charge < -0.3 is 39.4 Å². The van der Waals surface area contributed by atoms with Gasteiger partial charge in [0.25, 0.3) is 0 Å². The summed E-state index contributed by atoms with van der Waals surface area (Å²) < 4.78 is 21.8. The summed E-state index contributed by atoms with van der Waals surface area (Å²) in [5.74, 6) is -2.45. The zero-order chi connectivity index (χ0) is 45.3. The second-order valence-electron chi connectivity index (χ2n) is 16.9. The minimum absolute atomic E-state index is 0.183. The standard InChI is InChI=1S/C51H88O11/c1-3-5-7-9-11-13-15-17-19-20-21-22-23-24-26-27-29-31-33-35-37-39-44(52)59-41-43(42-60-51-48(56)46(54)47(55)49(62-51)50(57)58)61-45(53)40-38-36-34-32-30-28-25-18-16-14-12-10-8-6-4-2/h5,7,11,13,17,19,21-22,43,46-49,51,54-56H,3-4,6,8-10,12,14-16,18,20,23-42H2,1-2H3,(H,57,58)/b7-5-,13-11-,19-17-,22-21-. The number of carbonyl (C=O) groups is 3. The van der Waals surface area contributed by atoms with Gasteiger partial charge in [0, 0.05) is 12.8 Å². The predicted octanol–water partition coefficient (Wildman–Crippen LogP) is 11.3. The number of ether oxygens (including phenoxy) is 4. The first kappa shape index (κ1) is 57.2. The van der Waals surface area contributed by atoms with Crippen molar-refractivity contribution in [2.75, 3.05) is 13.2 Å². The van der Waals surface area contributed by atoms with Gasteiger partial charge in [-0.2, -0.15) is 0 Å². The summed E-state index contributed by atoms with van der Waals surface area (Å²) in [6.07, 6.45) is 40.1. The van der Waals surface area contributed by atoms with E-state index in [4.69, 9.17) is 18.9 Å². The molecule has 6 unspecified atom stereocenters. The second-order valence-corrected chi connectivity index (χ2v) is 16.9. The number of aliphatic hydroxyl groups excluding tert-OH is 3. The molecule has 4 N–H and O–H groups in total. The average Bonchev–Trinajstić information content (AvgIpc) is 3.26. The highest BCUT2D eigenvalue weighted by Crippen LogP contribution is 2.23. The van der Waals surface area contributed by atoms with E-state index in [2.05, 4.69) is 62.5 Å². The molecule has 0 saturated carbocycles. The molecule has 0 spiro atoms. The van der Waals surface area contributed by atoms with E-state index in [-0.39, 0.29) is 19.4 Å². The van der Waals surface area contributed by atoms with Crippen molar-refractivity contribution in [2.24, 2.45) is 0 Å². The smallest absolute Gasteiger partial charge is 0.335 e. The van der Waals surface area contributed by atoms with E-state index >= 15 is 0 Å². The summed E-state index contributed by atoms with van der Waals surface area (Å²) in [5.41, 5.74) is 0. The van der Waals surface area contributed by atoms with Crippen molar-refractivity contribution in [3.63, 3.8) is 0 Å². The fraction of sp³-hybridized carbons (Fsp3) is 0.784. The lowest BCUT2D eigenvalue weighted by Gasteiger charge is -2.38. The summed E-state index contributed by atoms with van der Waals surface area (Å²) >= 11 is 0. The van der Waals surface area contributed by atoms with Crippen LogP contribution < -0.4 is 0 Å². The first-order valence-electron chi connectivity index (χ1n) is 24.7. The summed E-state index contributed by atoms with van der Waals surface area (Å²) in [6, 6.07) is 0. The molecule has 0 aliphatic carbocycles. The van der Waals surface area contributed by atoms with Crippen LogP contribution in [0, 0.1) is 0 Å². The molecule has 1 fully saturated rings. The molecule has 11 nitrogen and oxygen atoms in total. The first-order chi connectivity index (χ1) is 30.2. The summed E-state index contributed by atoms with van der Waals surface area (Å²) in [6.45, 7) is 3.71.